The van der Waals surface area contributed by atoms with Crippen molar-refractivity contribution < 1.29 is 33.9 Å². The molecule has 2 aromatic carbocycles. The smallest absolute Gasteiger partial charge is 0.324 e. The van der Waals surface area contributed by atoms with Crippen LogP contribution in [0.4, 0.5) is 16.2 Å². The number of carbonyl (C=O) groups is 4. The van der Waals surface area contributed by atoms with Gasteiger partial charge in [-0.25, -0.2) is 9.69 Å². The summed E-state index contributed by atoms with van der Waals surface area (Å²) in [6.07, 6.45) is 0.867. The molecule has 2 aliphatic rings. The summed E-state index contributed by atoms with van der Waals surface area (Å²) >= 11 is 0. The number of rotatable bonds is 11. The Hall–Kier alpha value is -4.52. The van der Waals surface area contributed by atoms with E-state index in [2.05, 4.69) is 10.6 Å². The second-order valence-corrected chi connectivity index (χ2v) is 9.50. The predicted molar refractivity (Wildman–Crippen MR) is 138 cm³/mol. The molecule has 4 unspecified atom stereocenters. The van der Waals surface area contributed by atoms with Crippen LogP contribution in [0, 0.1) is 22.0 Å². The first-order valence-corrected chi connectivity index (χ1v) is 12.5. The number of nitro groups is 1. The Morgan fingerprint density at radius 2 is 1.92 bits per heavy atom. The molecular formula is C26H29N5O8. The summed E-state index contributed by atoms with van der Waals surface area (Å²) in [5.74, 6) is -4.56. The summed E-state index contributed by atoms with van der Waals surface area (Å²) in [6, 6.07) is 10.3. The fourth-order valence-corrected chi connectivity index (χ4v) is 5.39. The van der Waals surface area contributed by atoms with E-state index in [1.165, 1.54) is 18.2 Å². The Labute approximate surface area is 223 Å². The fraction of sp³-hybridized carbons (Fsp3) is 0.385. The zero-order chi connectivity index (χ0) is 28.3. The molecule has 206 valence electrons. The van der Waals surface area contributed by atoms with Crippen molar-refractivity contribution in [2.45, 2.75) is 37.8 Å². The number of non-ortho nitro benzene ring substituents is 1. The largest absolute Gasteiger partial charge is 0.494 e. The number of carboxylic acids is 1. The Balaban J connectivity index is 1.75. The van der Waals surface area contributed by atoms with Gasteiger partial charge < -0.3 is 20.9 Å². The van der Waals surface area contributed by atoms with Crippen molar-refractivity contribution >= 4 is 35.2 Å². The highest BCUT2D eigenvalue weighted by Gasteiger charge is 2.68. The Morgan fingerprint density at radius 1 is 1.21 bits per heavy atom. The molecule has 13 heteroatoms. The maximum absolute atomic E-state index is 13.8. The van der Waals surface area contributed by atoms with Crippen LogP contribution in [0.3, 0.4) is 0 Å². The third-order valence-electron chi connectivity index (χ3n) is 7.09. The molecule has 2 saturated heterocycles. The third kappa shape index (κ3) is 5.12. The second kappa shape index (κ2) is 11.1. The standard InChI is InChI=1S/C26H29N5O8/c1-2-13-39-18-9-7-15(8-10-18)21-19-20(26(29-21,24(34)35)11-4-12-28-25(27)36)23(33)30(22(19)32)16-5-3-6-17(14-16)31(37)38/h3,5-10,14,19-21,29H,2,4,11-13H2,1H3,(H,34,35)(H3,27,28,36). The number of primary amides is 1. The number of urea groups is 1. The number of fused-ring (bicyclic) bond motifs is 1. The van der Waals surface area contributed by atoms with Gasteiger partial charge in [-0.3, -0.25) is 29.8 Å². The molecule has 0 spiro atoms. The van der Waals surface area contributed by atoms with Crippen molar-refractivity contribution in [2.24, 2.45) is 17.6 Å². The molecule has 0 saturated carbocycles. The number of anilines is 1. The Morgan fingerprint density at radius 3 is 2.54 bits per heavy atom. The van der Waals surface area contributed by atoms with Gasteiger partial charge in [0.2, 0.25) is 11.8 Å². The highest BCUT2D eigenvalue weighted by atomic mass is 16.6. The number of carbonyl (C=O) groups excluding carboxylic acids is 3. The lowest BCUT2D eigenvalue weighted by Crippen LogP contribution is -2.56. The number of aliphatic carboxylic acids is 1. The van der Waals surface area contributed by atoms with E-state index in [1.54, 1.807) is 24.3 Å². The minimum Gasteiger partial charge on any atom is -0.494 e. The molecule has 2 aromatic rings. The maximum atomic E-state index is 13.8. The van der Waals surface area contributed by atoms with E-state index in [4.69, 9.17) is 10.5 Å². The molecular weight excluding hydrogens is 510 g/mol. The van der Waals surface area contributed by atoms with E-state index in [0.717, 1.165) is 17.4 Å². The predicted octanol–water partition coefficient (Wildman–Crippen LogP) is 2.11. The number of benzene rings is 2. The van der Waals surface area contributed by atoms with Gasteiger partial charge in [-0.05, 0) is 43.0 Å². The second-order valence-electron chi connectivity index (χ2n) is 9.50. The number of hydrogen-bond donors (Lipinski definition) is 4. The lowest BCUT2D eigenvalue weighted by atomic mass is 9.77. The number of nitrogens with one attached hydrogen (secondary N) is 2. The first kappa shape index (κ1) is 27.5. The van der Waals surface area contributed by atoms with Gasteiger partial charge in [-0.15, -0.1) is 0 Å². The summed E-state index contributed by atoms with van der Waals surface area (Å²) in [7, 11) is 0. The number of imide groups is 1. The summed E-state index contributed by atoms with van der Waals surface area (Å²) < 4.78 is 5.62. The molecule has 0 radical (unpaired) electrons. The average Bonchev–Trinajstić information content (AvgIpc) is 3.39. The summed E-state index contributed by atoms with van der Waals surface area (Å²) in [5.41, 5.74) is 3.52. The van der Waals surface area contributed by atoms with Crippen LogP contribution in [0.1, 0.15) is 37.8 Å². The van der Waals surface area contributed by atoms with Crippen molar-refractivity contribution in [1.29, 1.82) is 0 Å². The number of nitrogens with two attached hydrogens (primary N) is 1. The highest BCUT2D eigenvalue weighted by Crippen LogP contribution is 2.51. The molecule has 4 amide bonds. The highest BCUT2D eigenvalue weighted by molar-refractivity contribution is 6.24. The molecule has 39 heavy (non-hydrogen) atoms. The molecule has 2 aliphatic heterocycles. The molecule has 4 rings (SSSR count). The van der Waals surface area contributed by atoms with Gasteiger partial charge in [0, 0.05) is 24.7 Å². The van der Waals surface area contributed by atoms with Gasteiger partial charge in [-0.2, -0.15) is 0 Å². The summed E-state index contributed by atoms with van der Waals surface area (Å²) in [5, 5.41) is 27.2. The van der Waals surface area contributed by atoms with Crippen LogP contribution >= 0.6 is 0 Å². The molecule has 2 heterocycles. The van der Waals surface area contributed by atoms with E-state index in [1.807, 2.05) is 6.92 Å². The Kier molecular flexibility index (Phi) is 7.81. The lowest BCUT2D eigenvalue weighted by molar-refractivity contribution is -0.384. The van der Waals surface area contributed by atoms with E-state index < -0.39 is 52.2 Å². The molecule has 2 fully saturated rings. The molecule has 0 aliphatic carbocycles. The van der Waals surface area contributed by atoms with E-state index in [-0.39, 0.29) is 30.8 Å². The van der Waals surface area contributed by atoms with Gasteiger partial charge in [0.05, 0.1) is 29.1 Å². The van der Waals surface area contributed by atoms with Crippen LogP contribution in [-0.2, 0) is 14.4 Å². The monoisotopic (exact) mass is 539 g/mol. The van der Waals surface area contributed by atoms with Crippen LogP contribution in [0.5, 0.6) is 5.75 Å². The average molecular weight is 540 g/mol. The van der Waals surface area contributed by atoms with Crippen molar-refractivity contribution in [2.75, 3.05) is 18.1 Å². The normalized spacial score (nSPS) is 23.9. The van der Waals surface area contributed by atoms with Gasteiger partial charge in [0.15, 0.2) is 0 Å². The van der Waals surface area contributed by atoms with Crippen LogP contribution in [-0.4, -0.2) is 52.5 Å². The van der Waals surface area contributed by atoms with Crippen molar-refractivity contribution in [1.82, 2.24) is 10.6 Å². The first-order chi connectivity index (χ1) is 18.6. The van der Waals surface area contributed by atoms with E-state index in [0.29, 0.717) is 17.9 Å². The fourth-order valence-electron chi connectivity index (χ4n) is 5.39. The molecule has 5 N–H and O–H groups in total. The van der Waals surface area contributed by atoms with Crippen LogP contribution < -0.4 is 26.0 Å². The van der Waals surface area contributed by atoms with Crippen molar-refractivity contribution in [3.8, 4) is 5.75 Å². The number of nitrogens with zero attached hydrogens (tertiary/aromatic N) is 2. The Bertz CT molecular complexity index is 1300. The quantitative estimate of drug-likeness (QED) is 0.143. The zero-order valence-electron chi connectivity index (χ0n) is 21.2. The first-order valence-electron chi connectivity index (χ1n) is 12.5. The van der Waals surface area contributed by atoms with Gasteiger partial charge in [0.1, 0.15) is 11.3 Å². The summed E-state index contributed by atoms with van der Waals surface area (Å²) in [6.45, 7) is 2.55. The number of amides is 4. The third-order valence-corrected chi connectivity index (χ3v) is 7.09. The van der Waals surface area contributed by atoms with Gasteiger partial charge in [-0.1, -0.05) is 25.1 Å². The zero-order valence-corrected chi connectivity index (χ0v) is 21.2. The topological polar surface area (TPSA) is 194 Å². The summed E-state index contributed by atoms with van der Waals surface area (Å²) in [4.78, 5) is 63.1. The van der Waals surface area contributed by atoms with Crippen LogP contribution in [0.2, 0.25) is 0 Å². The number of carboxylic acid groups (broad SMARTS) is 1. The minimum absolute atomic E-state index is 0.00894. The molecule has 0 aromatic heterocycles. The van der Waals surface area contributed by atoms with E-state index >= 15 is 0 Å². The lowest BCUT2D eigenvalue weighted by Gasteiger charge is -2.31. The molecule has 13 nitrogen and oxygen atoms in total. The van der Waals surface area contributed by atoms with Crippen LogP contribution in [0.25, 0.3) is 0 Å². The van der Waals surface area contributed by atoms with Crippen molar-refractivity contribution in [3.05, 3.63) is 64.2 Å². The van der Waals surface area contributed by atoms with Gasteiger partial charge >= 0.3 is 12.0 Å². The number of nitro benzene ring substituents is 1. The van der Waals surface area contributed by atoms with Crippen LogP contribution in [0.15, 0.2) is 48.5 Å². The minimum atomic E-state index is -1.85. The van der Waals surface area contributed by atoms with Crippen molar-refractivity contribution in [3.63, 3.8) is 0 Å². The molecule has 0 bridgehead atoms. The molecule has 4 atom stereocenters. The van der Waals surface area contributed by atoms with Gasteiger partial charge in [0.25, 0.3) is 5.69 Å². The maximum Gasteiger partial charge on any atom is 0.324 e. The number of hydrogen-bond acceptors (Lipinski definition) is 8. The SMILES string of the molecule is CCCOc1ccc(C2NC(CCCNC(N)=O)(C(=O)O)C3C(=O)N(c4cccc([N+](=O)[O-])c4)C(=O)C23)cc1. The number of ether oxygens (including phenoxy) is 1. The van der Waals surface area contributed by atoms with E-state index in [9.17, 15) is 34.4 Å².